The molecule has 0 aliphatic carbocycles. The summed E-state index contributed by atoms with van der Waals surface area (Å²) in [6.07, 6.45) is 2.04. The minimum Gasteiger partial charge on any atom is -0.438 e. The van der Waals surface area contributed by atoms with Gasteiger partial charge in [0, 0.05) is 10.3 Å². The van der Waals surface area contributed by atoms with Gasteiger partial charge in [0.05, 0.1) is 10.6 Å². The first-order valence-corrected chi connectivity index (χ1v) is 11.8. The predicted molar refractivity (Wildman–Crippen MR) is 122 cm³/mol. The second-order valence-corrected chi connectivity index (χ2v) is 8.34. The van der Waals surface area contributed by atoms with Gasteiger partial charge in [-0.3, -0.25) is 0 Å². The van der Waals surface area contributed by atoms with Crippen molar-refractivity contribution in [2.75, 3.05) is 6.26 Å². The van der Waals surface area contributed by atoms with Crippen LogP contribution in [0.5, 0.6) is 5.75 Å². The van der Waals surface area contributed by atoms with Crippen molar-refractivity contribution in [1.82, 2.24) is 0 Å². The van der Waals surface area contributed by atoms with Crippen LogP contribution in [0.4, 0.5) is 5.69 Å². The summed E-state index contributed by atoms with van der Waals surface area (Å²) in [6, 6.07) is 29.9. The van der Waals surface area contributed by atoms with Crippen LogP contribution in [0, 0.1) is 0 Å². The van der Waals surface area contributed by atoms with Crippen molar-refractivity contribution in [3.8, 4) is 5.75 Å². The van der Waals surface area contributed by atoms with Crippen LogP contribution in [0.1, 0.15) is 0 Å². The second-order valence-electron chi connectivity index (χ2n) is 5.35. The Morgan fingerprint density at radius 2 is 1.41 bits per heavy atom. The van der Waals surface area contributed by atoms with E-state index in [1.54, 1.807) is 33.3 Å². The molecule has 0 saturated heterocycles. The maximum atomic E-state index is 6.11. The molecular formula is C22H19NOS3. The van der Waals surface area contributed by atoms with Crippen LogP contribution < -0.4 is 4.74 Å². The van der Waals surface area contributed by atoms with Crippen LogP contribution in [0.2, 0.25) is 0 Å². The molecule has 0 aromatic heterocycles. The van der Waals surface area contributed by atoms with Gasteiger partial charge in [-0.25, -0.2) is 4.99 Å². The molecule has 136 valence electrons. The highest BCUT2D eigenvalue weighted by Gasteiger charge is 2.10. The van der Waals surface area contributed by atoms with E-state index in [-0.39, 0.29) is 0 Å². The van der Waals surface area contributed by atoms with E-state index in [0.717, 1.165) is 16.3 Å². The first-order valence-electron chi connectivity index (χ1n) is 8.35. The Morgan fingerprint density at radius 3 is 2.04 bits per heavy atom. The lowest BCUT2D eigenvalue weighted by atomic mass is 10.3. The Balaban J connectivity index is 1.82. The van der Waals surface area contributed by atoms with Crippen molar-refractivity contribution in [3.63, 3.8) is 0 Å². The zero-order valence-electron chi connectivity index (χ0n) is 14.8. The van der Waals surface area contributed by atoms with Crippen molar-refractivity contribution in [1.29, 1.82) is 0 Å². The van der Waals surface area contributed by atoms with Gasteiger partial charge in [0.2, 0.25) is 5.90 Å². The number of benzene rings is 3. The zero-order chi connectivity index (χ0) is 18.7. The van der Waals surface area contributed by atoms with E-state index in [4.69, 9.17) is 9.73 Å². The normalized spacial score (nSPS) is 12.0. The molecule has 0 amide bonds. The Kier molecular flexibility index (Phi) is 7.96. The lowest BCUT2D eigenvalue weighted by Crippen LogP contribution is -2.09. The van der Waals surface area contributed by atoms with Crippen molar-refractivity contribution in [2.45, 2.75) is 4.90 Å². The Labute approximate surface area is 172 Å². The molecule has 0 fully saturated rings. The topological polar surface area (TPSA) is 21.6 Å². The SMILES string of the molecule is CSC(=C\SSc1ccccc1)/C(=N/c1ccccc1)Oc1ccccc1. The van der Waals surface area contributed by atoms with Crippen molar-refractivity contribution in [2.24, 2.45) is 4.99 Å². The number of nitrogens with zero attached hydrogens (tertiary/aromatic N) is 1. The van der Waals surface area contributed by atoms with Crippen LogP contribution in [-0.4, -0.2) is 12.2 Å². The van der Waals surface area contributed by atoms with Crippen molar-refractivity contribution >= 4 is 44.9 Å². The fourth-order valence-corrected chi connectivity index (χ4v) is 4.82. The van der Waals surface area contributed by atoms with Gasteiger partial charge in [-0.2, -0.15) is 0 Å². The number of para-hydroxylation sites is 2. The van der Waals surface area contributed by atoms with E-state index < -0.39 is 0 Å². The van der Waals surface area contributed by atoms with E-state index in [2.05, 4.69) is 17.5 Å². The molecule has 0 aliphatic rings. The van der Waals surface area contributed by atoms with E-state index in [1.165, 1.54) is 4.90 Å². The maximum Gasteiger partial charge on any atom is 0.234 e. The fourth-order valence-electron chi connectivity index (χ4n) is 2.13. The Morgan fingerprint density at radius 1 is 0.815 bits per heavy atom. The Hall–Kier alpha value is -2.08. The number of rotatable bonds is 7. The summed E-state index contributed by atoms with van der Waals surface area (Å²) in [4.78, 5) is 6.93. The molecule has 2 nitrogen and oxygen atoms in total. The third-order valence-electron chi connectivity index (χ3n) is 3.42. The van der Waals surface area contributed by atoms with E-state index in [0.29, 0.717) is 5.90 Å². The van der Waals surface area contributed by atoms with Gasteiger partial charge in [-0.15, -0.1) is 11.8 Å². The molecular weight excluding hydrogens is 390 g/mol. The third-order valence-corrected chi connectivity index (χ3v) is 6.35. The van der Waals surface area contributed by atoms with Crippen molar-refractivity contribution in [3.05, 3.63) is 101 Å². The summed E-state index contributed by atoms with van der Waals surface area (Å²) in [7, 11) is 3.37. The Bertz CT molecular complexity index is 881. The molecule has 0 saturated carbocycles. The van der Waals surface area contributed by atoms with Gasteiger partial charge in [-0.05, 0) is 42.7 Å². The number of ether oxygens (including phenoxy) is 1. The summed E-state index contributed by atoms with van der Waals surface area (Å²) in [6.45, 7) is 0. The smallest absolute Gasteiger partial charge is 0.234 e. The van der Waals surface area contributed by atoms with E-state index >= 15 is 0 Å². The molecule has 5 heteroatoms. The number of hydrogen-bond acceptors (Lipinski definition) is 5. The van der Waals surface area contributed by atoms with E-state index in [1.807, 2.05) is 85.1 Å². The molecule has 0 spiro atoms. The average molecular weight is 410 g/mol. The summed E-state index contributed by atoms with van der Waals surface area (Å²) in [5, 5.41) is 2.09. The summed E-state index contributed by atoms with van der Waals surface area (Å²) in [5.74, 6) is 1.37. The first-order chi connectivity index (χ1) is 13.3. The van der Waals surface area contributed by atoms with Gasteiger partial charge in [-0.1, -0.05) is 76.2 Å². The summed E-state index contributed by atoms with van der Waals surface area (Å²) < 4.78 is 6.11. The van der Waals surface area contributed by atoms with Gasteiger partial charge >= 0.3 is 0 Å². The number of hydrogen-bond donors (Lipinski definition) is 0. The number of thioether (sulfide) groups is 1. The summed E-state index contributed by atoms with van der Waals surface area (Å²) in [5.41, 5.74) is 0.865. The highest BCUT2D eigenvalue weighted by molar-refractivity contribution is 8.77. The van der Waals surface area contributed by atoms with Crippen LogP contribution in [-0.2, 0) is 0 Å². The molecule has 0 bridgehead atoms. The first kappa shape index (κ1) is 19.7. The van der Waals surface area contributed by atoms with Crippen LogP contribution >= 0.6 is 33.3 Å². The van der Waals surface area contributed by atoms with Gasteiger partial charge in [0.15, 0.2) is 0 Å². The molecule has 0 atom stereocenters. The third kappa shape index (κ3) is 6.54. The molecule has 0 unspecified atom stereocenters. The standard InChI is InChI=1S/C22H19NOS3/c1-25-21(17-26-27-20-15-9-4-10-16-20)22(23-18-11-5-2-6-12-18)24-19-13-7-3-8-14-19/h2-17H,1H3/b21-17-,23-22-. The molecule has 27 heavy (non-hydrogen) atoms. The molecule has 0 N–H and O–H groups in total. The number of aliphatic imine (C=N–C) groups is 1. The molecule has 0 radical (unpaired) electrons. The lowest BCUT2D eigenvalue weighted by Gasteiger charge is -2.11. The van der Waals surface area contributed by atoms with Crippen LogP contribution in [0.3, 0.4) is 0 Å². The maximum absolute atomic E-state index is 6.11. The fraction of sp³-hybridized carbons (Fsp3) is 0.0455. The monoisotopic (exact) mass is 409 g/mol. The average Bonchev–Trinajstić information content (AvgIpc) is 2.73. The molecule has 3 rings (SSSR count). The highest BCUT2D eigenvalue weighted by atomic mass is 33.1. The zero-order valence-corrected chi connectivity index (χ0v) is 17.3. The van der Waals surface area contributed by atoms with Crippen LogP contribution in [0.15, 0.2) is 111 Å². The summed E-state index contributed by atoms with van der Waals surface area (Å²) >= 11 is 1.62. The molecule has 0 aliphatic heterocycles. The largest absolute Gasteiger partial charge is 0.438 e. The van der Waals surface area contributed by atoms with Gasteiger partial charge < -0.3 is 4.74 Å². The quantitative estimate of drug-likeness (QED) is 0.230. The predicted octanol–water partition coefficient (Wildman–Crippen LogP) is 7.44. The van der Waals surface area contributed by atoms with Gasteiger partial charge in [0.1, 0.15) is 5.75 Å². The second kappa shape index (κ2) is 10.9. The lowest BCUT2D eigenvalue weighted by molar-refractivity contribution is 0.555. The van der Waals surface area contributed by atoms with Gasteiger partial charge in [0.25, 0.3) is 0 Å². The van der Waals surface area contributed by atoms with Crippen LogP contribution in [0.25, 0.3) is 0 Å². The minimum absolute atomic E-state index is 0.598. The molecule has 3 aromatic carbocycles. The molecule has 0 heterocycles. The molecule has 3 aromatic rings. The minimum atomic E-state index is 0.598. The van der Waals surface area contributed by atoms with Crippen molar-refractivity contribution < 1.29 is 4.74 Å². The van der Waals surface area contributed by atoms with E-state index in [9.17, 15) is 0 Å². The highest BCUT2D eigenvalue weighted by Crippen LogP contribution is 2.34.